The molecule has 8 heteroatoms. The van der Waals surface area contributed by atoms with E-state index in [2.05, 4.69) is 19.6 Å². The minimum absolute atomic E-state index is 0.236. The zero-order valence-electron chi connectivity index (χ0n) is 25.5. The number of allylic oxidation sites excluding steroid dienone is 3. The highest BCUT2D eigenvalue weighted by molar-refractivity contribution is 6.05. The van der Waals surface area contributed by atoms with Gasteiger partial charge in [0.25, 0.3) is 0 Å². The maximum Gasteiger partial charge on any atom is 0.306 e. The van der Waals surface area contributed by atoms with Crippen LogP contribution in [-0.2, 0) is 23.7 Å². The summed E-state index contributed by atoms with van der Waals surface area (Å²) in [5.41, 5.74) is -4.66. The van der Waals surface area contributed by atoms with Gasteiger partial charge in [0.2, 0.25) is 0 Å². The number of aliphatic hydroxyl groups excluding tert-OH is 2. The minimum atomic E-state index is -2.22. The van der Waals surface area contributed by atoms with Crippen LogP contribution in [0.5, 0.6) is 0 Å². The number of unbranched alkanes of at least 4 members (excludes halogenated alkanes) is 7. The molecule has 3 heterocycles. The Morgan fingerprint density at radius 2 is 1.81 bits per heavy atom. The molecule has 6 aliphatic rings. The molecular formula is C34H48O8. The molecular weight excluding hydrogens is 536 g/mol. The summed E-state index contributed by atoms with van der Waals surface area (Å²) in [5.74, 6) is -3.80. The lowest BCUT2D eigenvalue weighted by Crippen LogP contribution is -2.72. The first-order valence-electron chi connectivity index (χ1n) is 16.0. The van der Waals surface area contributed by atoms with E-state index in [1.165, 1.54) is 38.5 Å². The third kappa shape index (κ3) is 3.95. The highest BCUT2D eigenvalue weighted by Crippen LogP contribution is 2.72. The van der Waals surface area contributed by atoms with Crippen LogP contribution in [-0.4, -0.2) is 74.4 Å². The van der Waals surface area contributed by atoms with Crippen molar-refractivity contribution < 1.29 is 39.1 Å². The predicted molar refractivity (Wildman–Crippen MR) is 156 cm³/mol. The van der Waals surface area contributed by atoms with Crippen LogP contribution in [0.4, 0.5) is 0 Å². The van der Waals surface area contributed by atoms with E-state index in [9.17, 15) is 20.1 Å². The van der Waals surface area contributed by atoms with Crippen LogP contribution in [0.1, 0.15) is 85.5 Å². The van der Waals surface area contributed by atoms with Gasteiger partial charge in [0.15, 0.2) is 11.4 Å². The highest BCUT2D eigenvalue weighted by Gasteiger charge is 2.88. The number of aliphatic hydroxyl groups is 3. The first-order valence-corrected chi connectivity index (χ1v) is 16.0. The van der Waals surface area contributed by atoms with E-state index in [4.69, 9.17) is 18.9 Å². The molecule has 5 fully saturated rings. The fourth-order valence-corrected chi connectivity index (χ4v) is 8.98. The van der Waals surface area contributed by atoms with Gasteiger partial charge in [-0.15, -0.1) is 0 Å². The summed E-state index contributed by atoms with van der Waals surface area (Å²) >= 11 is 0. The molecule has 3 aliphatic heterocycles. The van der Waals surface area contributed by atoms with Gasteiger partial charge in [-0.25, -0.2) is 0 Å². The lowest BCUT2D eigenvalue weighted by Gasteiger charge is -2.59. The number of carbonyl (C=O) groups excluding carboxylic acids is 1. The largest absolute Gasteiger partial charge is 0.393 e. The van der Waals surface area contributed by atoms with Crippen LogP contribution in [0.25, 0.3) is 0 Å². The van der Waals surface area contributed by atoms with E-state index in [0.717, 1.165) is 18.4 Å². The second-order valence-electron chi connectivity index (χ2n) is 13.7. The number of Topliss-reactive ketones (excluding diaryl/α,β-unsaturated/α-hetero) is 1. The van der Waals surface area contributed by atoms with E-state index in [0.29, 0.717) is 12.0 Å². The first-order chi connectivity index (χ1) is 20.0. The molecule has 0 aromatic carbocycles. The van der Waals surface area contributed by atoms with Crippen LogP contribution in [0.3, 0.4) is 0 Å². The van der Waals surface area contributed by atoms with Crippen molar-refractivity contribution in [2.45, 2.75) is 132 Å². The molecule has 0 spiro atoms. The van der Waals surface area contributed by atoms with Gasteiger partial charge >= 0.3 is 5.97 Å². The number of rotatable bonds is 12. The van der Waals surface area contributed by atoms with Crippen LogP contribution < -0.4 is 0 Å². The van der Waals surface area contributed by atoms with E-state index in [1.807, 2.05) is 26.0 Å². The van der Waals surface area contributed by atoms with E-state index in [-0.39, 0.29) is 5.92 Å². The number of ketones is 1. The zero-order valence-corrected chi connectivity index (χ0v) is 25.5. The van der Waals surface area contributed by atoms with Gasteiger partial charge in [-0.3, -0.25) is 4.79 Å². The topological polar surface area (TPSA) is 118 Å². The van der Waals surface area contributed by atoms with Crippen molar-refractivity contribution in [3.63, 3.8) is 0 Å². The SMILES string of the molecule is C=C(C)[C@]12CC(C)C34O[C@](/C=C\C=C\CCCCCCCCC)(O[C@@H]1[C@@H]3[C@@H]1O[C@]1(CO)[C@@H](O)[C@]1(O)C(=O)C(C)=C[C@@H]41)O2. The zero-order chi connectivity index (χ0) is 30.1. The number of carbonyl (C=O) groups is 1. The van der Waals surface area contributed by atoms with Crippen molar-refractivity contribution in [1.82, 2.24) is 0 Å². The Balaban J connectivity index is 1.31. The number of hydrogen-bond acceptors (Lipinski definition) is 8. The van der Waals surface area contributed by atoms with E-state index < -0.39 is 70.9 Å². The third-order valence-electron chi connectivity index (χ3n) is 11.2. The fraction of sp³-hybridized carbons (Fsp3) is 0.735. The van der Waals surface area contributed by atoms with Crippen LogP contribution in [0, 0.1) is 17.8 Å². The molecule has 232 valence electrons. The normalized spacial score (nSPS) is 48.4. The average molecular weight is 585 g/mol. The number of hydrogen-bond donors (Lipinski definition) is 3. The molecule has 0 aromatic heterocycles. The van der Waals surface area contributed by atoms with Crippen molar-refractivity contribution >= 4 is 5.78 Å². The highest BCUT2D eigenvalue weighted by atomic mass is 16.9. The van der Waals surface area contributed by atoms with Gasteiger partial charge in [0.1, 0.15) is 29.5 Å². The summed E-state index contributed by atoms with van der Waals surface area (Å²) < 4.78 is 26.5. The first kappa shape index (κ1) is 30.4. The molecule has 0 amide bonds. The summed E-state index contributed by atoms with van der Waals surface area (Å²) in [5, 5.41) is 34.2. The van der Waals surface area contributed by atoms with Gasteiger partial charge in [-0.05, 0) is 50.2 Å². The number of ether oxygens (including phenoxy) is 4. The standard InChI is InChI=1S/C34H48O8/c1-6-7-8-9-10-11-12-13-14-15-16-17-32-40-27-25-28-31(20-35,39-28)29(37)33(38)24(18-22(4)26(33)36)34(25,42-32)23(5)19-30(27,41-32)21(2)3/h14-18,23-25,27-29,35,37-38H,2,6-13,19-20H2,1,3-5H3/b15-14+,17-16-/t23?,24-,25-,27-,28+,29-,30-,31+,32-,33-,34?/m1/s1. The minimum Gasteiger partial charge on any atom is -0.393 e. The molecule has 0 aromatic rings. The van der Waals surface area contributed by atoms with Crippen LogP contribution in [0.15, 0.2) is 48.1 Å². The summed E-state index contributed by atoms with van der Waals surface area (Å²) in [6.45, 7) is 11.6. The lowest BCUT2D eigenvalue weighted by atomic mass is 9.54. The van der Waals surface area contributed by atoms with Gasteiger partial charge < -0.3 is 34.3 Å². The van der Waals surface area contributed by atoms with E-state index in [1.54, 1.807) is 19.1 Å². The van der Waals surface area contributed by atoms with Crippen molar-refractivity contribution in [2.24, 2.45) is 17.8 Å². The summed E-state index contributed by atoms with van der Waals surface area (Å²) in [6, 6.07) is 0. The average Bonchev–Trinajstić information content (AvgIpc) is 3.60. The third-order valence-corrected chi connectivity index (χ3v) is 11.2. The van der Waals surface area contributed by atoms with Crippen molar-refractivity contribution in [2.75, 3.05) is 6.61 Å². The molecule has 3 N–H and O–H groups in total. The summed E-state index contributed by atoms with van der Waals surface area (Å²) in [7, 11) is 0. The quantitative estimate of drug-likeness (QED) is 0.134. The van der Waals surface area contributed by atoms with Crippen LogP contribution >= 0.6 is 0 Å². The number of fused-ring (bicyclic) bond motifs is 3. The Morgan fingerprint density at radius 3 is 2.50 bits per heavy atom. The van der Waals surface area contributed by atoms with Gasteiger partial charge in [-0.1, -0.05) is 83.3 Å². The molecule has 3 saturated heterocycles. The molecule has 6 rings (SSSR count). The Hall–Kier alpha value is -1.65. The van der Waals surface area contributed by atoms with E-state index >= 15 is 0 Å². The smallest absolute Gasteiger partial charge is 0.306 e. The predicted octanol–water partition coefficient (Wildman–Crippen LogP) is 4.43. The Bertz CT molecular complexity index is 1210. The summed E-state index contributed by atoms with van der Waals surface area (Å²) in [4.78, 5) is 13.5. The van der Waals surface area contributed by atoms with Gasteiger partial charge in [0.05, 0.1) is 12.2 Å². The molecule has 3 bridgehead atoms. The Morgan fingerprint density at radius 1 is 1.10 bits per heavy atom. The Labute approximate surface area is 249 Å². The summed E-state index contributed by atoms with van der Waals surface area (Å²) in [6.07, 6.45) is 16.9. The second kappa shape index (κ2) is 10.5. The molecule has 2 unspecified atom stereocenters. The maximum atomic E-state index is 13.5. The molecule has 11 atom stereocenters. The maximum absolute atomic E-state index is 13.5. The Kier molecular flexibility index (Phi) is 7.57. The van der Waals surface area contributed by atoms with Gasteiger partial charge in [0, 0.05) is 17.9 Å². The van der Waals surface area contributed by atoms with Crippen molar-refractivity contribution in [3.05, 3.63) is 48.1 Å². The fourth-order valence-electron chi connectivity index (χ4n) is 8.98. The number of epoxide rings is 1. The van der Waals surface area contributed by atoms with Gasteiger partial charge in [-0.2, -0.15) is 0 Å². The van der Waals surface area contributed by atoms with Crippen LogP contribution in [0.2, 0.25) is 0 Å². The molecule has 42 heavy (non-hydrogen) atoms. The second-order valence-corrected chi connectivity index (χ2v) is 13.7. The monoisotopic (exact) mass is 584 g/mol. The lowest BCUT2D eigenvalue weighted by molar-refractivity contribution is -0.406. The van der Waals surface area contributed by atoms with Crippen molar-refractivity contribution in [1.29, 1.82) is 0 Å². The molecule has 8 nitrogen and oxygen atoms in total. The van der Waals surface area contributed by atoms with Crippen molar-refractivity contribution in [3.8, 4) is 0 Å². The molecule has 2 saturated carbocycles. The molecule has 3 aliphatic carbocycles. The molecule has 0 radical (unpaired) electrons.